The van der Waals surface area contributed by atoms with E-state index in [2.05, 4.69) is 10.6 Å². The standard InChI is InChI=1S/C14H22N2O2S2/c1-2-20(18)13-7-3-5-11(9-13)16-14(17)15-10-12-6-4-8-19-12/h4,6,8,11,13H,2-3,5,7,9-10H2,1H3,(H2,15,16,17)/t11-,13-,20-/m0/s1. The van der Waals surface area contributed by atoms with E-state index in [0.717, 1.165) is 30.6 Å². The van der Waals surface area contributed by atoms with Gasteiger partial charge in [0.2, 0.25) is 0 Å². The highest BCUT2D eigenvalue weighted by Gasteiger charge is 2.26. The molecule has 2 rings (SSSR count). The number of carbonyl (C=O) groups is 1. The molecule has 1 aliphatic rings. The van der Waals surface area contributed by atoms with Crippen molar-refractivity contribution < 1.29 is 9.00 Å². The second kappa shape index (κ2) is 7.78. The van der Waals surface area contributed by atoms with Crippen molar-refractivity contribution in [3.63, 3.8) is 0 Å². The zero-order valence-electron chi connectivity index (χ0n) is 11.8. The van der Waals surface area contributed by atoms with Gasteiger partial charge in [-0.25, -0.2) is 4.79 Å². The molecule has 1 aromatic heterocycles. The molecule has 3 atom stereocenters. The van der Waals surface area contributed by atoms with Gasteiger partial charge in [-0.15, -0.1) is 11.3 Å². The fraction of sp³-hybridized carbons (Fsp3) is 0.643. The van der Waals surface area contributed by atoms with Crippen LogP contribution in [-0.2, 0) is 17.3 Å². The second-order valence-electron chi connectivity index (χ2n) is 5.06. The molecule has 4 nitrogen and oxygen atoms in total. The predicted octanol–water partition coefficient (Wildman–Crippen LogP) is 2.63. The number of urea groups is 1. The third-order valence-corrected chi connectivity index (χ3v) is 6.24. The van der Waals surface area contributed by atoms with Crippen molar-refractivity contribution in [3.05, 3.63) is 22.4 Å². The molecule has 0 bridgehead atoms. The molecule has 1 heterocycles. The topological polar surface area (TPSA) is 58.2 Å². The summed E-state index contributed by atoms with van der Waals surface area (Å²) in [5.41, 5.74) is 0. The fourth-order valence-electron chi connectivity index (χ4n) is 2.57. The van der Waals surface area contributed by atoms with Gasteiger partial charge in [0.1, 0.15) is 0 Å². The van der Waals surface area contributed by atoms with E-state index in [4.69, 9.17) is 0 Å². The average molecular weight is 314 g/mol. The molecule has 112 valence electrons. The molecule has 0 saturated heterocycles. The van der Waals surface area contributed by atoms with Gasteiger partial charge in [-0.1, -0.05) is 19.4 Å². The van der Waals surface area contributed by atoms with Crippen LogP contribution in [0.4, 0.5) is 4.79 Å². The summed E-state index contributed by atoms with van der Waals surface area (Å²) in [7, 11) is -0.747. The van der Waals surface area contributed by atoms with Crippen LogP contribution in [0.15, 0.2) is 17.5 Å². The van der Waals surface area contributed by atoms with Crippen molar-refractivity contribution in [2.24, 2.45) is 0 Å². The Hall–Kier alpha value is -0.880. The predicted molar refractivity (Wildman–Crippen MR) is 84.4 cm³/mol. The van der Waals surface area contributed by atoms with Crippen molar-refractivity contribution in [1.29, 1.82) is 0 Å². The first-order valence-electron chi connectivity index (χ1n) is 7.13. The van der Waals surface area contributed by atoms with Crippen LogP contribution in [0.2, 0.25) is 0 Å². The van der Waals surface area contributed by atoms with E-state index in [1.54, 1.807) is 11.3 Å². The molecule has 2 N–H and O–H groups in total. The number of amides is 2. The maximum absolute atomic E-state index is 11.9. The molecule has 1 saturated carbocycles. The van der Waals surface area contributed by atoms with Crippen LogP contribution in [0.1, 0.15) is 37.5 Å². The first-order valence-corrected chi connectivity index (χ1v) is 9.39. The molecule has 0 aromatic carbocycles. The largest absolute Gasteiger partial charge is 0.335 e. The van der Waals surface area contributed by atoms with Crippen molar-refractivity contribution in [3.8, 4) is 0 Å². The van der Waals surface area contributed by atoms with Crippen molar-refractivity contribution in [2.45, 2.75) is 50.4 Å². The molecular formula is C14H22N2O2S2. The number of thiophene rings is 1. The molecule has 6 heteroatoms. The fourth-order valence-corrected chi connectivity index (χ4v) is 4.56. The summed E-state index contributed by atoms with van der Waals surface area (Å²) >= 11 is 1.64. The van der Waals surface area contributed by atoms with Gasteiger partial charge in [-0.2, -0.15) is 0 Å². The highest BCUT2D eigenvalue weighted by molar-refractivity contribution is 7.85. The lowest BCUT2D eigenvalue weighted by atomic mass is 9.95. The Morgan fingerprint density at radius 2 is 2.35 bits per heavy atom. The molecule has 0 radical (unpaired) electrons. The highest BCUT2D eigenvalue weighted by atomic mass is 32.2. The van der Waals surface area contributed by atoms with Crippen LogP contribution in [0, 0.1) is 0 Å². The highest BCUT2D eigenvalue weighted by Crippen LogP contribution is 2.22. The van der Waals surface area contributed by atoms with Gasteiger partial charge in [0.25, 0.3) is 0 Å². The van der Waals surface area contributed by atoms with Gasteiger partial charge >= 0.3 is 6.03 Å². The lowest BCUT2D eigenvalue weighted by Gasteiger charge is -2.29. The Morgan fingerprint density at radius 1 is 1.50 bits per heavy atom. The summed E-state index contributed by atoms with van der Waals surface area (Å²) in [6, 6.07) is 4.02. The Kier molecular flexibility index (Phi) is 6.04. The van der Waals surface area contributed by atoms with Crippen molar-refractivity contribution >= 4 is 28.2 Å². The lowest BCUT2D eigenvalue weighted by molar-refractivity contribution is 0.232. The summed E-state index contributed by atoms with van der Waals surface area (Å²) < 4.78 is 11.9. The summed E-state index contributed by atoms with van der Waals surface area (Å²) in [6.45, 7) is 2.53. The maximum Gasteiger partial charge on any atom is 0.315 e. The van der Waals surface area contributed by atoms with E-state index in [-0.39, 0.29) is 17.3 Å². The second-order valence-corrected chi connectivity index (χ2v) is 8.10. The summed E-state index contributed by atoms with van der Waals surface area (Å²) in [4.78, 5) is 13.0. The number of hydrogen-bond acceptors (Lipinski definition) is 3. The number of nitrogens with one attached hydrogen (secondary N) is 2. The van der Waals surface area contributed by atoms with Gasteiger partial charge < -0.3 is 10.6 Å². The minimum absolute atomic E-state index is 0.119. The van der Waals surface area contributed by atoms with Crippen molar-refractivity contribution in [2.75, 3.05) is 5.75 Å². The molecule has 1 aromatic rings. The average Bonchev–Trinajstić information content (AvgIpc) is 2.98. The van der Waals surface area contributed by atoms with Crippen LogP contribution in [0.5, 0.6) is 0 Å². The third-order valence-electron chi connectivity index (χ3n) is 3.62. The van der Waals surface area contributed by atoms with Crippen molar-refractivity contribution in [1.82, 2.24) is 10.6 Å². The molecule has 2 amide bonds. The number of rotatable bonds is 5. The molecule has 1 fully saturated rings. The Labute approximate surface area is 126 Å². The molecule has 1 aliphatic carbocycles. The first kappa shape index (κ1) is 15.5. The van der Waals surface area contributed by atoms with Crippen LogP contribution in [0.25, 0.3) is 0 Å². The summed E-state index contributed by atoms with van der Waals surface area (Å²) in [5, 5.41) is 8.13. The Balaban J connectivity index is 1.74. The van der Waals surface area contributed by atoms with Crippen LogP contribution in [-0.4, -0.2) is 27.3 Å². The van der Waals surface area contributed by atoms with Gasteiger partial charge in [0, 0.05) is 32.7 Å². The smallest absolute Gasteiger partial charge is 0.315 e. The zero-order valence-corrected chi connectivity index (χ0v) is 13.4. The lowest BCUT2D eigenvalue weighted by Crippen LogP contribution is -2.45. The van der Waals surface area contributed by atoms with Crippen LogP contribution in [0.3, 0.4) is 0 Å². The molecule has 0 aliphatic heterocycles. The van der Waals surface area contributed by atoms with Gasteiger partial charge in [-0.3, -0.25) is 4.21 Å². The Bertz CT molecular complexity index is 448. The molecule has 0 spiro atoms. The van der Waals surface area contributed by atoms with Gasteiger partial charge in [0.05, 0.1) is 6.54 Å². The zero-order chi connectivity index (χ0) is 14.4. The molecular weight excluding hydrogens is 292 g/mol. The Morgan fingerprint density at radius 3 is 3.05 bits per heavy atom. The molecule has 0 unspecified atom stereocenters. The maximum atomic E-state index is 11.9. The summed E-state index contributed by atoms with van der Waals surface area (Å²) in [6.07, 6.45) is 3.90. The van der Waals surface area contributed by atoms with E-state index in [1.165, 1.54) is 0 Å². The summed E-state index contributed by atoms with van der Waals surface area (Å²) in [5.74, 6) is 0.710. The van der Waals surface area contributed by atoms with E-state index in [0.29, 0.717) is 12.3 Å². The minimum atomic E-state index is -0.747. The van der Waals surface area contributed by atoms with E-state index in [9.17, 15) is 9.00 Å². The third kappa shape index (κ3) is 4.59. The normalized spacial score (nSPS) is 24.1. The number of hydrogen-bond donors (Lipinski definition) is 2. The minimum Gasteiger partial charge on any atom is -0.335 e. The quantitative estimate of drug-likeness (QED) is 0.878. The van der Waals surface area contributed by atoms with E-state index < -0.39 is 10.8 Å². The van der Waals surface area contributed by atoms with E-state index in [1.807, 2.05) is 24.4 Å². The van der Waals surface area contributed by atoms with E-state index >= 15 is 0 Å². The monoisotopic (exact) mass is 314 g/mol. The van der Waals surface area contributed by atoms with Gasteiger partial charge in [0.15, 0.2) is 0 Å². The first-order chi connectivity index (χ1) is 9.69. The van der Waals surface area contributed by atoms with Gasteiger partial charge in [-0.05, 0) is 30.7 Å². The van der Waals surface area contributed by atoms with Crippen LogP contribution < -0.4 is 10.6 Å². The number of carbonyl (C=O) groups excluding carboxylic acids is 1. The van der Waals surface area contributed by atoms with Crippen LogP contribution >= 0.6 is 11.3 Å². The SMILES string of the molecule is CC[S@](=O)[C@H]1CCC[C@H](NC(=O)NCc2cccs2)C1. The molecule has 20 heavy (non-hydrogen) atoms.